The van der Waals surface area contributed by atoms with Crippen LogP contribution in [0.1, 0.15) is 45.1 Å². The largest absolute Gasteiger partial charge is 0.357 e. The van der Waals surface area contributed by atoms with Gasteiger partial charge in [0.15, 0.2) is 5.75 Å². The highest BCUT2D eigenvalue weighted by molar-refractivity contribution is 5.81. The highest BCUT2D eigenvalue weighted by Crippen LogP contribution is 2.13. The van der Waals surface area contributed by atoms with Crippen LogP contribution in [0, 0.1) is 6.92 Å². The molecule has 0 saturated heterocycles. The minimum absolute atomic E-state index is 0.815. The zero-order valence-electron chi connectivity index (χ0n) is 10.5. The molecule has 88 valence electrons. The third-order valence-electron chi connectivity index (χ3n) is 2.44. The highest BCUT2D eigenvalue weighted by Gasteiger charge is 1.95. The maximum absolute atomic E-state index is 5.37. The summed E-state index contributed by atoms with van der Waals surface area (Å²) in [5, 5.41) is 4.12. The lowest BCUT2D eigenvalue weighted by Crippen LogP contribution is -1.95. The van der Waals surface area contributed by atoms with E-state index in [1.165, 1.54) is 24.8 Å². The van der Waals surface area contributed by atoms with E-state index in [0.29, 0.717) is 0 Å². The predicted molar refractivity (Wildman–Crippen MR) is 69.1 cm³/mol. The van der Waals surface area contributed by atoms with Gasteiger partial charge in [-0.3, -0.25) is 0 Å². The van der Waals surface area contributed by atoms with Gasteiger partial charge in [0.2, 0.25) is 0 Å². The van der Waals surface area contributed by atoms with Crippen molar-refractivity contribution in [1.82, 2.24) is 0 Å². The minimum Gasteiger partial charge on any atom is -0.357 e. The number of oxime groups is 1. The van der Waals surface area contributed by atoms with Crippen LogP contribution < -0.4 is 4.84 Å². The SMILES string of the molecule is CCCCC/C(C)=N/Oc1cccc(C)c1. The molecule has 0 fully saturated rings. The van der Waals surface area contributed by atoms with Crippen molar-refractivity contribution in [1.29, 1.82) is 0 Å². The predicted octanol–water partition coefficient (Wildman–Crippen LogP) is 4.33. The van der Waals surface area contributed by atoms with E-state index in [4.69, 9.17) is 4.84 Å². The number of rotatable bonds is 6. The van der Waals surface area contributed by atoms with Crippen LogP contribution in [-0.4, -0.2) is 5.71 Å². The van der Waals surface area contributed by atoms with Gasteiger partial charge in [0.25, 0.3) is 0 Å². The summed E-state index contributed by atoms with van der Waals surface area (Å²) in [7, 11) is 0. The molecule has 0 unspecified atom stereocenters. The average molecular weight is 219 g/mol. The van der Waals surface area contributed by atoms with Crippen LogP contribution in [0.25, 0.3) is 0 Å². The van der Waals surface area contributed by atoms with Gasteiger partial charge in [-0.2, -0.15) is 0 Å². The number of benzene rings is 1. The Bertz CT molecular complexity index is 344. The normalized spacial score (nSPS) is 11.6. The lowest BCUT2D eigenvalue weighted by atomic mass is 10.1. The molecule has 0 bridgehead atoms. The zero-order chi connectivity index (χ0) is 11.8. The molecule has 0 amide bonds. The Kier molecular flexibility index (Phi) is 5.62. The van der Waals surface area contributed by atoms with Crippen LogP contribution in [0.4, 0.5) is 0 Å². The van der Waals surface area contributed by atoms with Gasteiger partial charge in [0.1, 0.15) is 0 Å². The second kappa shape index (κ2) is 7.04. The quantitative estimate of drug-likeness (QED) is 0.396. The molecular weight excluding hydrogens is 198 g/mol. The van der Waals surface area contributed by atoms with Crippen LogP contribution >= 0.6 is 0 Å². The summed E-state index contributed by atoms with van der Waals surface area (Å²) >= 11 is 0. The van der Waals surface area contributed by atoms with Crippen molar-refractivity contribution in [2.45, 2.75) is 46.5 Å². The number of unbranched alkanes of at least 4 members (excludes halogenated alkanes) is 2. The summed E-state index contributed by atoms with van der Waals surface area (Å²) in [6.07, 6.45) is 4.73. The molecule has 0 spiro atoms. The fourth-order valence-electron chi connectivity index (χ4n) is 1.48. The number of aryl methyl sites for hydroxylation is 1. The van der Waals surface area contributed by atoms with Gasteiger partial charge in [-0.15, -0.1) is 0 Å². The van der Waals surface area contributed by atoms with E-state index >= 15 is 0 Å². The van der Waals surface area contributed by atoms with Gasteiger partial charge in [-0.05, 0) is 44.4 Å². The van der Waals surface area contributed by atoms with Crippen LogP contribution in [0.5, 0.6) is 5.75 Å². The summed E-state index contributed by atoms with van der Waals surface area (Å²) in [6, 6.07) is 7.94. The second-order valence-electron chi connectivity index (χ2n) is 4.19. The number of hydrogen-bond acceptors (Lipinski definition) is 2. The summed E-state index contributed by atoms with van der Waals surface area (Å²) in [5.41, 5.74) is 2.26. The van der Waals surface area contributed by atoms with Gasteiger partial charge in [0.05, 0.1) is 5.71 Å². The molecule has 0 aromatic heterocycles. The summed E-state index contributed by atoms with van der Waals surface area (Å²) in [6.45, 7) is 6.27. The molecule has 0 aliphatic rings. The Hall–Kier alpha value is -1.31. The molecule has 1 aromatic rings. The van der Waals surface area contributed by atoms with Crippen LogP contribution in [0.3, 0.4) is 0 Å². The van der Waals surface area contributed by atoms with E-state index in [1.54, 1.807) is 0 Å². The third-order valence-corrected chi connectivity index (χ3v) is 2.44. The first-order valence-corrected chi connectivity index (χ1v) is 5.99. The molecule has 0 radical (unpaired) electrons. The van der Waals surface area contributed by atoms with Gasteiger partial charge < -0.3 is 4.84 Å². The van der Waals surface area contributed by atoms with Gasteiger partial charge in [0, 0.05) is 0 Å². The molecule has 2 nitrogen and oxygen atoms in total. The van der Waals surface area contributed by atoms with E-state index in [0.717, 1.165) is 17.9 Å². The zero-order valence-corrected chi connectivity index (χ0v) is 10.5. The number of nitrogens with zero attached hydrogens (tertiary/aromatic N) is 1. The molecule has 0 N–H and O–H groups in total. The van der Waals surface area contributed by atoms with Crippen molar-refractivity contribution >= 4 is 5.71 Å². The maximum atomic E-state index is 5.37. The van der Waals surface area contributed by atoms with Crippen molar-refractivity contribution in [2.24, 2.45) is 5.16 Å². The molecule has 2 heteroatoms. The van der Waals surface area contributed by atoms with Crippen molar-refractivity contribution in [3.05, 3.63) is 29.8 Å². The summed E-state index contributed by atoms with van der Waals surface area (Å²) < 4.78 is 0. The Balaban J connectivity index is 2.40. The molecular formula is C14H21NO. The second-order valence-corrected chi connectivity index (χ2v) is 4.19. The smallest absolute Gasteiger partial charge is 0.158 e. The van der Waals surface area contributed by atoms with E-state index in [-0.39, 0.29) is 0 Å². The Morgan fingerprint density at radius 2 is 2.12 bits per heavy atom. The lowest BCUT2D eigenvalue weighted by molar-refractivity contribution is 0.339. The van der Waals surface area contributed by atoms with Crippen LogP contribution in [-0.2, 0) is 0 Å². The van der Waals surface area contributed by atoms with Crippen molar-refractivity contribution in [2.75, 3.05) is 0 Å². The molecule has 0 heterocycles. The number of hydrogen-bond donors (Lipinski definition) is 0. The fourth-order valence-corrected chi connectivity index (χ4v) is 1.48. The molecule has 0 aliphatic carbocycles. The monoisotopic (exact) mass is 219 g/mol. The Morgan fingerprint density at radius 3 is 2.81 bits per heavy atom. The van der Waals surface area contributed by atoms with E-state index in [2.05, 4.69) is 12.1 Å². The average Bonchev–Trinajstić information content (AvgIpc) is 2.27. The van der Waals surface area contributed by atoms with Crippen molar-refractivity contribution < 1.29 is 4.84 Å². The first-order valence-electron chi connectivity index (χ1n) is 5.99. The fraction of sp³-hybridized carbons (Fsp3) is 0.500. The highest BCUT2D eigenvalue weighted by atomic mass is 16.6. The molecule has 0 saturated carbocycles. The van der Waals surface area contributed by atoms with Gasteiger partial charge in [-0.25, -0.2) is 0 Å². The third kappa shape index (κ3) is 4.96. The first kappa shape index (κ1) is 12.8. The van der Waals surface area contributed by atoms with Crippen molar-refractivity contribution in [3.8, 4) is 5.75 Å². The topological polar surface area (TPSA) is 21.6 Å². The summed E-state index contributed by atoms with van der Waals surface area (Å²) in [5.74, 6) is 0.815. The molecule has 1 aromatic carbocycles. The van der Waals surface area contributed by atoms with Gasteiger partial charge in [-0.1, -0.05) is 37.1 Å². The molecule has 16 heavy (non-hydrogen) atoms. The summed E-state index contributed by atoms with van der Waals surface area (Å²) in [4.78, 5) is 5.37. The molecule has 0 aliphatic heterocycles. The molecule has 0 atom stereocenters. The van der Waals surface area contributed by atoms with Gasteiger partial charge >= 0.3 is 0 Å². The van der Waals surface area contributed by atoms with Crippen LogP contribution in [0.2, 0.25) is 0 Å². The van der Waals surface area contributed by atoms with Crippen LogP contribution in [0.15, 0.2) is 29.4 Å². The Labute approximate surface area is 98.3 Å². The standard InChI is InChI=1S/C14H21NO/c1-4-5-6-9-13(3)15-16-14-10-7-8-12(2)11-14/h7-8,10-11H,4-6,9H2,1-3H3/b15-13+. The van der Waals surface area contributed by atoms with E-state index in [1.807, 2.05) is 38.1 Å². The lowest BCUT2D eigenvalue weighted by Gasteiger charge is -2.02. The maximum Gasteiger partial charge on any atom is 0.158 e. The van der Waals surface area contributed by atoms with E-state index < -0.39 is 0 Å². The molecule has 1 rings (SSSR count). The Morgan fingerprint density at radius 1 is 1.31 bits per heavy atom. The first-order chi connectivity index (χ1) is 7.72. The van der Waals surface area contributed by atoms with Crippen molar-refractivity contribution in [3.63, 3.8) is 0 Å². The minimum atomic E-state index is 0.815. The van der Waals surface area contributed by atoms with E-state index in [9.17, 15) is 0 Å².